The molecule has 1 amide bonds. The molecule has 29 heavy (non-hydrogen) atoms. The predicted octanol–water partition coefficient (Wildman–Crippen LogP) is 4.09. The molecule has 0 spiro atoms. The van der Waals surface area contributed by atoms with E-state index in [0.717, 1.165) is 23.9 Å². The SMILES string of the molecule is CCn1c(=O)c(C)nc2cc(C(=O)NC(C)c3ccc4c(c3)CCCC4)ccc21. The van der Waals surface area contributed by atoms with E-state index in [9.17, 15) is 9.59 Å². The summed E-state index contributed by atoms with van der Waals surface area (Å²) in [6, 6.07) is 11.8. The number of hydrogen-bond donors (Lipinski definition) is 1. The summed E-state index contributed by atoms with van der Waals surface area (Å²) in [5, 5.41) is 3.10. The Balaban J connectivity index is 1.59. The number of fused-ring (bicyclic) bond motifs is 2. The Morgan fingerprint density at radius 2 is 1.90 bits per heavy atom. The minimum atomic E-state index is -0.133. The van der Waals surface area contributed by atoms with E-state index in [-0.39, 0.29) is 17.5 Å². The molecule has 0 bridgehead atoms. The van der Waals surface area contributed by atoms with Gasteiger partial charge < -0.3 is 9.88 Å². The average Bonchev–Trinajstić information content (AvgIpc) is 2.74. The third-order valence-corrected chi connectivity index (χ3v) is 5.91. The van der Waals surface area contributed by atoms with Gasteiger partial charge >= 0.3 is 0 Å². The molecule has 1 N–H and O–H groups in total. The highest BCUT2D eigenvalue weighted by Crippen LogP contribution is 2.25. The Morgan fingerprint density at radius 1 is 1.14 bits per heavy atom. The van der Waals surface area contributed by atoms with E-state index in [0.29, 0.717) is 23.3 Å². The highest BCUT2D eigenvalue weighted by molar-refractivity contribution is 5.97. The van der Waals surface area contributed by atoms with Crippen molar-refractivity contribution in [2.24, 2.45) is 0 Å². The molecule has 0 fully saturated rings. The van der Waals surface area contributed by atoms with Gasteiger partial charge in [0, 0.05) is 12.1 Å². The van der Waals surface area contributed by atoms with E-state index >= 15 is 0 Å². The number of aryl methyl sites for hydroxylation is 4. The molecular formula is C24H27N3O2. The van der Waals surface area contributed by atoms with Crippen LogP contribution in [0.25, 0.3) is 11.0 Å². The van der Waals surface area contributed by atoms with Gasteiger partial charge in [-0.3, -0.25) is 9.59 Å². The molecule has 150 valence electrons. The molecule has 4 rings (SSSR count). The Bertz CT molecular complexity index is 1150. The van der Waals surface area contributed by atoms with Crippen molar-refractivity contribution in [3.8, 4) is 0 Å². The van der Waals surface area contributed by atoms with Gasteiger partial charge in [0.1, 0.15) is 5.69 Å². The van der Waals surface area contributed by atoms with Crippen molar-refractivity contribution >= 4 is 16.9 Å². The van der Waals surface area contributed by atoms with Gasteiger partial charge in [-0.25, -0.2) is 4.98 Å². The number of hydrogen-bond acceptors (Lipinski definition) is 3. The van der Waals surface area contributed by atoms with Crippen LogP contribution in [0.1, 0.15) is 65.5 Å². The van der Waals surface area contributed by atoms with Crippen molar-refractivity contribution in [1.29, 1.82) is 0 Å². The van der Waals surface area contributed by atoms with E-state index in [2.05, 4.69) is 28.5 Å². The Morgan fingerprint density at radius 3 is 2.66 bits per heavy atom. The van der Waals surface area contributed by atoms with Gasteiger partial charge in [0.15, 0.2) is 0 Å². The molecule has 0 saturated carbocycles. The second-order valence-corrected chi connectivity index (χ2v) is 7.88. The normalized spacial score (nSPS) is 14.4. The zero-order valence-corrected chi connectivity index (χ0v) is 17.3. The minimum absolute atomic E-state index is 0.0790. The van der Waals surface area contributed by atoms with Crippen LogP contribution in [0, 0.1) is 6.92 Å². The van der Waals surface area contributed by atoms with Gasteiger partial charge in [-0.1, -0.05) is 18.2 Å². The van der Waals surface area contributed by atoms with Gasteiger partial charge in [-0.05, 0) is 81.3 Å². The lowest BCUT2D eigenvalue weighted by atomic mass is 9.89. The molecule has 5 heteroatoms. The average molecular weight is 389 g/mol. The molecule has 3 aromatic rings. The molecule has 5 nitrogen and oxygen atoms in total. The molecule has 1 aliphatic carbocycles. The summed E-state index contributed by atoms with van der Waals surface area (Å²) in [5.41, 5.74) is 6.32. The van der Waals surface area contributed by atoms with Crippen LogP contribution in [0.15, 0.2) is 41.2 Å². The van der Waals surface area contributed by atoms with E-state index in [1.807, 2.05) is 19.9 Å². The van der Waals surface area contributed by atoms with Crippen molar-refractivity contribution in [2.75, 3.05) is 0 Å². The lowest BCUT2D eigenvalue weighted by molar-refractivity contribution is 0.0940. The Hall–Kier alpha value is -2.95. The van der Waals surface area contributed by atoms with Crippen molar-refractivity contribution in [3.63, 3.8) is 0 Å². The molecule has 1 aromatic heterocycles. The first-order valence-electron chi connectivity index (χ1n) is 10.4. The summed E-state index contributed by atoms with van der Waals surface area (Å²) < 4.78 is 1.69. The highest BCUT2D eigenvalue weighted by atomic mass is 16.1. The molecular weight excluding hydrogens is 362 g/mol. The van der Waals surface area contributed by atoms with Crippen molar-refractivity contribution < 1.29 is 4.79 Å². The van der Waals surface area contributed by atoms with Gasteiger partial charge in [0.2, 0.25) is 0 Å². The number of amides is 1. The number of rotatable bonds is 4. The van der Waals surface area contributed by atoms with Crippen LogP contribution >= 0.6 is 0 Å². The van der Waals surface area contributed by atoms with Gasteiger partial charge in [-0.2, -0.15) is 0 Å². The van der Waals surface area contributed by atoms with Crippen LogP contribution in [0.4, 0.5) is 0 Å². The predicted molar refractivity (Wildman–Crippen MR) is 115 cm³/mol. The van der Waals surface area contributed by atoms with E-state index in [1.54, 1.807) is 23.6 Å². The smallest absolute Gasteiger partial charge is 0.272 e. The molecule has 0 aliphatic heterocycles. The maximum Gasteiger partial charge on any atom is 0.272 e. The fourth-order valence-electron chi connectivity index (χ4n) is 4.22. The number of nitrogens with zero attached hydrogens (tertiary/aromatic N) is 2. The van der Waals surface area contributed by atoms with E-state index < -0.39 is 0 Å². The van der Waals surface area contributed by atoms with Gasteiger partial charge in [-0.15, -0.1) is 0 Å². The monoisotopic (exact) mass is 389 g/mol. The molecule has 1 heterocycles. The first-order valence-corrected chi connectivity index (χ1v) is 10.4. The molecule has 0 saturated heterocycles. The summed E-state index contributed by atoms with van der Waals surface area (Å²) in [6.07, 6.45) is 4.78. The fraction of sp³-hybridized carbons (Fsp3) is 0.375. The standard InChI is InChI=1S/C24H27N3O2/c1-4-27-22-12-11-20(14-21(22)25-16(3)24(27)29)23(28)26-15(2)18-10-9-17-7-5-6-8-19(17)13-18/h9-15H,4-8H2,1-3H3,(H,26,28). The number of carbonyl (C=O) groups excluding carboxylic acids is 1. The van der Waals surface area contributed by atoms with Crippen molar-refractivity contribution in [2.45, 2.75) is 59.0 Å². The van der Waals surface area contributed by atoms with Crippen LogP contribution in [0.2, 0.25) is 0 Å². The maximum atomic E-state index is 12.9. The quantitative estimate of drug-likeness (QED) is 0.731. The molecule has 1 atom stereocenters. The number of carbonyl (C=O) groups is 1. The second-order valence-electron chi connectivity index (χ2n) is 7.88. The maximum absolute atomic E-state index is 12.9. The van der Waals surface area contributed by atoms with Crippen LogP contribution in [-0.4, -0.2) is 15.5 Å². The van der Waals surface area contributed by atoms with Gasteiger partial charge in [0.25, 0.3) is 11.5 Å². The second kappa shape index (κ2) is 7.82. The molecule has 2 aromatic carbocycles. The third-order valence-electron chi connectivity index (χ3n) is 5.91. The van der Waals surface area contributed by atoms with Crippen molar-refractivity contribution in [1.82, 2.24) is 14.9 Å². The lowest BCUT2D eigenvalue weighted by Gasteiger charge is -2.20. The zero-order valence-electron chi connectivity index (χ0n) is 17.3. The first kappa shape index (κ1) is 19.4. The van der Waals surface area contributed by atoms with Crippen LogP contribution in [-0.2, 0) is 19.4 Å². The highest BCUT2D eigenvalue weighted by Gasteiger charge is 2.16. The lowest BCUT2D eigenvalue weighted by Crippen LogP contribution is -2.27. The number of aromatic nitrogens is 2. The number of nitrogens with one attached hydrogen (secondary N) is 1. The summed E-state index contributed by atoms with van der Waals surface area (Å²) in [5.74, 6) is -0.133. The number of benzene rings is 2. The van der Waals surface area contributed by atoms with Crippen LogP contribution in [0.5, 0.6) is 0 Å². The fourth-order valence-corrected chi connectivity index (χ4v) is 4.22. The third kappa shape index (κ3) is 3.69. The Kier molecular flexibility index (Phi) is 5.22. The molecule has 1 aliphatic rings. The minimum Gasteiger partial charge on any atom is -0.346 e. The Labute approximate surface area is 170 Å². The topological polar surface area (TPSA) is 64.0 Å². The summed E-state index contributed by atoms with van der Waals surface area (Å²) in [4.78, 5) is 29.5. The van der Waals surface area contributed by atoms with Crippen LogP contribution < -0.4 is 10.9 Å². The van der Waals surface area contributed by atoms with E-state index in [1.165, 1.54) is 24.0 Å². The molecule has 1 unspecified atom stereocenters. The zero-order chi connectivity index (χ0) is 20.5. The summed E-state index contributed by atoms with van der Waals surface area (Å²) in [7, 11) is 0. The largest absolute Gasteiger partial charge is 0.346 e. The van der Waals surface area contributed by atoms with Gasteiger partial charge in [0.05, 0.1) is 17.1 Å². The first-order chi connectivity index (χ1) is 14.0. The molecule has 0 radical (unpaired) electrons. The summed E-state index contributed by atoms with van der Waals surface area (Å²) >= 11 is 0. The van der Waals surface area contributed by atoms with Crippen LogP contribution in [0.3, 0.4) is 0 Å². The van der Waals surface area contributed by atoms with E-state index in [4.69, 9.17) is 0 Å². The van der Waals surface area contributed by atoms with Crippen molar-refractivity contribution in [3.05, 3.63) is 74.7 Å². The summed E-state index contributed by atoms with van der Waals surface area (Å²) in [6.45, 7) is 6.22.